The number of hydrogen-bond acceptors (Lipinski definition) is 7. The van der Waals surface area contributed by atoms with E-state index in [0.29, 0.717) is 0 Å². The lowest BCUT2D eigenvalue weighted by atomic mass is 9.65. The zero-order valence-corrected chi connectivity index (χ0v) is 12.4. The second kappa shape index (κ2) is 4.68. The standard InChI is InChI=1S/C14H20N2O6/c1-5(15)12(20)16-4-14(2)11(16)9-8(13(21)22-14)6(17)3-7(18)10(9)19/h5,7,9-11,17-19H,3-4,15H2,1-2H3/t5?,7-,9+,10+,11-,14-/m1/s1. The Bertz CT molecular complexity index is 574. The first-order valence-electron chi connectivity index (χ1n) is 7.25. The van der Waals surface area contributed by atoms with Crippen molar-refractivity contribution in [2.75, 3.05) is 6.54 Å². The molecular weight excluding hydrogens is 292 g/mol. The maximum absolute atomic E-state index is 12.2. The fraction of sp³-hybridized carbons (Fsp3) is 0.714. The number of fused-ring (bicyclic) bond motifs is 3. The average molecular weight is 312 g/mol. The molecule has 8 heteroatoms. The summed E-state index contributed by atoms with van der Waals surface area (Å²) in [7, 11) is 0. The molecule has 0 saturated carbocycles. The summed E-state index contributed by atoms with van der Waals surface area (Å²) in [5.74, 6) is -2.21. The zero-order valence-electron chi connectivity index (χ0n) is 12.4. The van der Waals surface area contributed by atoms with Gasteiger partial charge >= 0.3 is 5.97 Å². The maximum atomic E-state index is 12.2. The van der Waals surface area contributed by atoms with Gasteiger partial charge in [0.05, 0.1) is 36.4 Å². The third-order valence-corrected chi connectivity index (χ3v) is 4.81. The van der Waals surface area contributed by atoms with Crippen LogP contribution in [0.25, 0.3) is 0 Å². The van der Waals surface area contributed by atoms with Gasteiger partial charge in [0.25, 0.3) is 0 Å². The van der Waals surface area contributed by atoms with Gasteiger partial charge in [-0.05, 0) is 13.8 Å². The van der Waals surface area contributed by atoms with Crippen molar-refractivity contribution in [2.24, 2.45) is 11.7 Å². The fourth-order valence-corrected chi connectivity index (χ4v) is 3.79. The molecule has 0 aromatic carbocycles. The van der Waals surface area contributed by atoms with Crippen LogP contribution >= 0.6 is 0 Å². The van der Waals surface area contributed by atoms with Crippen LogP contribution in [-0.4, -0.2) is 68.5 Å². The van der Waals surface area contributed by atoms with Crippen LogP contribution in [0.3, 0.4) is 0 Å². The number of carbonyl (C=O) groups is 2. The predicted octanol–water partition coefficient (Wildman–Crippen LogP) is -1.59. The fourth-order valence-electron chi connectivity index (χ4n) is 3.79. The number of aliphatic hydroxyl groups is 3. The highest BCUT2D eigenvalue weighted by Gasteiger charge is 2.65. The second-order valence-corrected chi connectivity index (χ2v) is 6.55. The van der Waals surface area contributed by atoms with Gasteiger partial charge in [-0.25, -0.2) is 4.79 Å². The van der Waals surface area contributed by atoms with E-state index in [1.54, 1.807) is 13.8 Å². The first-order chi connectivity index (χ1) is 10.2. The van der Waals surface area contributed by atoms with Gasteiger partial charge in [-0.1, -0.05) is 0 Å². The van der Waals surface area contributed by atoms with E-state index in [9.17, 15) is 24.9 Å². The number of carbonyl (C=O) groups excluding carboxylic acids is 2. The molecule has 2 heterocycles. The van der Waals surface area contributed by atoms with Gasteiger partial charge in [0.15, 0.2) is 0 Å². The van der Waals surface area contributed by atoms with Crippen LogP contribution in [0, 0.1) is 5.92 Å². The van der Waals surface area contributed by atoms with Crippen molar-refractivity contribution in [3.63, 3.8) is 0 Å². The normalized spacial score (nSPS) is 42.0. The highest BCUT2D eigenvalue weighted by atomic mass is 16.6. The molecule has 2 aliphatic heterocycles. The molecule has 3 rings (SSSR count). The van der Waals surface area contributed by atoms with E-state index in [2.05, 4.69) is 0 Å². The van der Waals surface area contributed by atoms with Crippen molar-refractivity contribution >= 4 is 11.9 Å². The van der Waals surface area contributed by atoms with Gasteiger partial charge in [0.2, 0.25) is 5.91 Å². The Morgan fingerprint density at radius 3 is 2.73 bits per heavy atom. The van der Waals surface area contributed by atoms with Crippen molar-refractivity contribution in [1.82, 2.24) is 4.90 Å². The number of aliphatic hydroxyl groups excluding tert-OH is 3. The van der Waals surface area contributed by atoms with E-state index in [4.69, 9.17) is 10.5 Å². The summed E-state index contributed by atoms with van der Waals surface area (Å²) in [4.78, 5) is 25.8. The van der Waals surface area contributed by atoms with Crippen molar-refractivity contribution < 1.29 is 29.6 Å². The van der Waals surface area contributed by atoms with Crippen LogP contribution in [0.5, 0.6) is 0 Å². The first kappa shape index (κ1) is 15.3. The molecule has 22 heavy (non-hydrogen) atoms. The number of nitrogens with two attached hydrogens (primary N) is 1. The molecule has 0 aromatic rings. The Kier molecular flexibility index (Phi) is 3.24. The number of esters is 1. The molecule has 1 unspecified atom stereocenters. The lowest BCUT2D eigenvalue weighted by Gasteiger charge is -2.61. The number of hydrogen-bond donors (Lipinski definition) is 4. The smallest absolute Gasteiger partial charge is 0.338 e. The number of ether oxygens (including phenoxy) is 1. The van der Waals surface area contributed by atoms with Crippen LogP contribution in [0.1, 0.15) is 20.3 Å². The van der Waals surface area contributed by atoms with E-state index in [1.807, 2.05) is 0 Å². The van der Waals surface area contributed by atoms with E-state index < -0.39 is 41.8 Å². The second-order valence-electron chi connectivity index (χ2n) is 6.55. The van der Waals surface area contributed by atoms with Gasteiger partial charge in [0, 0.05) is 12.3 Å². The van der Waals surface area contributed by atoms with Gasteiger partial charge in [0.1, 0.15) is 11.4 Å². The number of amides is 1. The molecule has 0 bridgehead atoms. The van der Waals surface area contributed by atoms with Crippen LogP contribution in [-0.2, 0) is 14.3 Å². The Morgan fingerprint density at radius 2 is 2.14 bits per heavy atom. The molecule has 1 amide bonds. The summed E-state index contributed by atoms with van der Waals surface area (Å²) in [6.45, 7) is 3.40. The summed E-state index contributed by atoms with van der Waals surface area (Å²) in [6.07, 6.45) is -2.67. The van der Waals surface area contributed by atoms with Crippen LogP contribution in [0.2, 0.25) is 0 Å². The van der Waals surface area contributed by atoms with Crippen LogP contribution < -0.4 is 5.73 Å². The largest absolute Gasteiger partial charge is 0.512 e. The number of likely N-dealkylation sites (tertiary alicyclic amines) is 1. The molecule has 3 aliphatic rings. The van der Waals surface area contributed by atoms with Crippen molar-refractivity contribution in [1.29, 1.82) is 0 Å². The molecule has 0 aromatic heterocycles. The summed E-state index contributed by atoms with van der Waals surface area (Å²) < 4.78 is 5.37. The molecule has 122 valence electrons. The van der Waals surface area contributed by atoms with E-state index >= 15 is 0 Å². The lowest BCUT2D eigenvalue weighted by molar-refractivity contribution is -0.226. The average Bonchev–Trinajstić information content (AvgIpc) is 2.39. The highest BCUT2D eigenvalue weighted by molar-refractivity contribution is 5.93. The van der Waals surface area contributed by atoms with E-state index in [1.165, 1.54) is 4.90 Å². The summed E-state index contributed by atoms with van der Waals surface area (Å²) >= 11 is 0. The SMILES string of the molecule is CC(N)C(=O)N1C[C@@]2(C)OC(=O)C3=C(O)C[C@@H](O)[C@H](O)[C@H]3[C@@H]12. The first-order valence-corrected chi connectivity index (χ1v) is 7.25. The Hall–Kier alpha value is -1.64. The van der Waals surface area contributed by atoms with Crippen molar-refractivity contribution in [3.05, 3.63) is 11.3 Å². The topological polar surface area (TPSA) is 133 Å². The maximum Gasteiger partial charge on any atom is 0.338 e. The molecule has 5 N–H and O–H groups in total. The minimum absolute atomic E-state index is 0.0533. The molecular formula is C14H20N2O6. The molecule has 0 radical (unpaired) electrons. The third-order valence-electron chi connectivity index (χ3n) is 4.81. The highest BCUT2D eigenvalue weighted by Crippen LogP contribution is 2.49. The van der Waals surface area contributed by atoms with Crippen LogP contribution in [0.4, 0.5) is 0 Å². The zero-order chi connectivity index (χ0) is 16.4. The molecule has 1 aliphatic carbocycles. The monoisotopic (exact) mass is 312 g/mol. The van der Waals surface area contributed by atoms with Crippen LogP contribution in [0.15, 0.2) is 11.3 Å². The quantitative estimate of drug-likeness (QED) is 0.429. The Balaban J connectivity index is 2.03. The Labute approximate surface area is 127 Å². The van der Waals surface area contributed by atoms with Gasteiger partial charge in [-0.15, -0.1) is 0 Å². The summed E-state index contributed by atoms with van der Waals surface area (Å²) in [5.41, 5.74) is 4.62. The van der Waals surface area contributed by atoms with E-state index in [0.717, 1.165) is 0 Å². The molecule has 6 atom stereocenters. The number of rotatable bonds is 1. The summed E-state index contributed by atoms with van der Waals surface area (Å²) in [6, 6.07) is -1.38. The van der Waals surface area contributed by atoms with Crippen molar-refractivity contribution in [3.8, 4) is 0 Å². The van der Waals surface area contributed by atoms with E-state index in [-0.39, 0.29) is 30.2 Å². The minimum atomic E-state index is -1.26. The van der Waals surface area contributed by atoms with Gasteiger partial charge in [-0.3, -0.25) is 4.79 Å². The molecule has 2 saturated heterocycles. The molecule has 0 spiro atoms. The number of nitrogens with zero attached hydrogens (tertiary/aromatic N) is 1. The third kappa shape index (κ3) is 1.87. The lowest BCUT2D eigenvalue weighted by Crippen LogP contribution is -2.79. The molecule has 2 fully saturated rings. The predicted molar refractivity (Wildman–Crippen MR) is 73.4 cm³/mol. The summed E-state index contributed by atoms with van der Waals surface area (Å²) in [5, 5.41) is 30.2. The molecule has 8 nitrogen and oxygen atoms in total. The van der Waals surface area contributed by atoms with Gasteiger partial charge in [-0.2, -0.15) is 0 Å². The van der Waals surface area contributed by atoms with Gasteiger partial charge < -0.3 is 30.7 Å². The minimum Gasteiger partial charge on any atom is -0.512 e. The van der Waals surface area contributed by atoms with Crippen molar-refractivity contribution in [2.45, 2.75) is 50.2 Å². The Morgan fingerprint density at radius 1 is 1.50 bits per heavy atom.